The Hall–Kier alpha value is -0.960. The van der Waals surface area contributed by atoms with Gasteiger partial charge in [-0.1, -0.05) is 39.5 Å². The van der Waals surface area contributed by atoms with Crippen molar-refractivity contribution in [1.29, 1.82) is 0 Å². The van der Waals surface area contributed by atoms with Crippen molar-refractivity contribution in [2.24, 2.45) is 5.92 Å². The molecule has 0 atom stereocenters. The molecule has 112 valence electrons. The molecule has 1 aromatic rings. The lowest BCUT2D eigenvalue weighted by molar-refractivity contribution is 0.534. The maximum atomic E-state index is 4.82. The van der Waals surface area contributed by atoms with Gasteiger partial charge < -0.3 is 5.32 Å². The summed E-state index contributed by atoms with van der Waals surface area (Å²) in [6.45, 7) is 8.46. The lowest BCUT2D eigenvalue weighted by Crippen LogP contribution is -2.20. The minimum Gasteiger partial charge on any atom is -0.311 e. The van der Waals surface area contributed by atoms with Crippen molar-refractivity contribution in [3.8, 4) is 0 Å². The van der Waals surface area contributed by atoms with Crippen LogP contribution in [0.3, 0.4) is 0 Å². The normalized spacial score (nSPS) is 17.4. The molecule has 0 saturated heterocycles. The van der Waals surface area contributed by atoms with E-state index in [0.717, 1.165) is 30.3 Å². The minimum absolute atomic E-state index is 0.584. The summed E-state index contributed by atoms with van der Waals surface area (Å²) in [4.78, 5) is 9.53. The lowest BCUT2D eigenvalue weighted by atomic mass is 9.99. The first-order chi connectivity index (χ1) is 9.65. The molecule has 1 N–H and O–H groups in total. The van der Waals surface area contributed by atoms with E-state index in [1.54, 1.807) is 0 Å². The van der Waals surface area contributed by atoms with E-state index in [1.165, 1.54) is 38.5 Å². The van der Waals surface area contributed by atoms with E-state index in [1.807, 2.05) is 0 Å². The highest BCUT2D eigenvalue weighted by Gasteiger charge is 2.17. The molecule has 0 radical (unpaired) electrons. The van der Waals surface area contributed by atoms with Gasteiger partial charge in [0.05, 0.1) is 5.69 Å². The number of hydrogen-bond donors (Lipinski definition) is 1. The van der Waals surface area contributed by atoms with Gasteiger partial charge in [0.1, 0.15) is 5.82 Å². The van der Waals surface area contributed by atoms with Crippen LogP contribution in [-0.2, 0) is 6.54 Å². The second-order valence-corrected chi connectivity index (χ2v) is 6.57. The molecular formula is C17H29N3. The smallest absolute Gasteiger partial charge is 0.131 e. The topological polar surface area (TPSA) is 37.8 Å². The molecule has 1 saturated carbocycles. The van der Waals surface area contributed by atoms with E-state index in [2.05, 4.69) is 32.2 Å². The molecule has 3 heteroatoms. The summed E-state index contributed by atoms with van der Waals surface area (Å²) >= 11 is 0. The van der Waals surface area contributed by atoms with Gasteiger partial charge in [0, 0.05) is 18.2 Å². The molecule has 0 aliphatic heterocycles. The van der Waals surface area contributed by atoms with E-state index < -0.39 is 0 Å². The summed E-state index contributed by atoms with van der Waals surface area (Å²) < 4.78 is 0. The van der Waals surface area contributed by atoms with Gasteiger partial charge in [-0.3, -0.25) is 0 Å². The second-order valence-electron chi connectivity index (χ2n) is 6.57. The second kappa shape index (κ2) is 7.72. The maximum Gasteiger partial charge on any atom is 0.131 e. The Kier molecular flexibility index (Phi) is 5.96. The van der Waals surface area contributed by atoms with Crippen molar-refractivity contribution < 1.29 is 0 Å². The maximum absolute atomic E-state index is 4.82. The zero-order valence-corrected chi connectivity index (χ0v) is 13.3. The average Bonchev–Trinajstić information content (AvgIpc) is 2.66. The highest BCUT2D eigenvalue weighted by Crippen LogP contribution is 2.29. The van der Waals surface area contributed by atoms with Crippen LogP contribution in [0.25, 0.3) is 0 Å². The number of nitrogens with one attached hydrogen (secondary N) is 1. The van der Waals surface area contributed by atoms with Crippen LogP contribution in [0.2, 0.25) is 0 Å². The first-order valence-corrected chi connectivity index (χ1v) is 8.20. The molecule has 0 bridgehead atoms. The Labute approximate surface area is 123 Å². The van der Waals surface area contributed by atoms with Gasteiger partial charge in [0.25, 0.3) is 0 Å². The summed E-state index contributed by atoms with van der Waals surface area (Å²) in [6.07, 6.45) is 7.96. The SMILES string of the molecule is Cc1cc(CNCC(C)C)nc(C2CCCCCC2)n1. The Bertz CT molecular complexity index is 407. The van der Waals surface area contributed by atoms with Crippen LogP contribution >= 0.6 is 0 Å². The van der Waals surface area contributed by atoms with Crippen LogP contribution in [0.5, 0.6) is 0 Å². The van der Waals surface area contributed by atoms with Crippen molar-refractivity contribution >= 4 is 0 Å². The van der Waals surface area contributed by atoms with E-state index >= 15 is 0 Å². The van der Waals surface area contributed by atoms with Crippen LogP contribution in [-0.4, -0.2) is 16.5 Å². The lowest BCUT2D eigenvalue weighted by Gasteiger charge is -2.15. The van der Waals surface area contributed by atoms with Crippen molar-refractivity contribution in [1.82, 2.24) is 15.3 Å². The quantitative estimate of drug-likeness (QED) is 0.826. The van der Waals surface area contributed by atoms with Gasteiger partial charge >= 0.3 is 0 Å². The third-order valence-electron chi connectivity index (χ3n) is 4.00. The van der Waals surface area contributed by atoms with Gasteiger partial charge in [-0.25, -0.2) is 9.97 Å². The first kappa shape index (κ1) is 15.4. The van der Waals surface area contributed by atoms with Crippen LogP contribution in [0.4, 0.5) is 0 Å². The number of aromatic nitrogens is 2. The van der Waals surface area contributed by atoms with Gasteiger partial charge in [-0.05, 0) is 38.3 Å². The average molecular weight is 275 g/mol. The Morgan fingerprint density at radius 3 is 2.50 bits per heavy atom. The summed E-state index contributed by atoms with van der Waals surface area (Å²) in [5.74, 6) is 2.36. The fraction of sp³-hybridized carbons (Fsp3) is 0.765. The molecule has 0 spiro atoms. The molecule has 0 aromatic carbocycles. The zero-order chi connectivity index (χ0) is 14.4. The standard InChI is InChI=1S/C17H29N3/c1-13(2)11-18-12-16-10-14(3)19-17(20-16)15-8-6-4-5-7-9-15/h10,13,15,18H,4-9,11-12H2,1-3H3. The van der Waals surface area contributed by atoms with E-state index in [0.29, 0.717) is 11.8 Å². The highest BCUT2D eigenvalue weighted by molar-refractivity contribution is 5.12. The third-order valence-corrected chi connectivity index (χ3v) is 4.00. The Morgan fingerprint density at radius 1 is 1.15 bits per heavy atom. The monoisotopic (exact) mass is 275 g/mol. The largest absolute Gasteiger partial charge is 0.311 e. The molecule has 2 rings (SSSR count). The predicted octanol–water partition coefficient (Wildman–Crippen LogP) is 3.97. The number of nitrogens with zero attached hydrogens (tertiary/aromatic N) is 2. The summed E-state index contributed by atoms with van der Waals surface area (Å²) in [7, 11) is 0. The van der Waals surface area contributed by atoms with Crippen molar-refractivity contribution in [2.75, 3.05) is 6.54 Å². The van der Waals surface area contributed by atoms with E-state index in [-0.39, 0.29) is 0 Å². The fourth-order valence-corrected chi connectivity index (χ4v) is 2.96. The van der Waals surface area contributed by atoms with E-state index in [4.69, 9.17) is 9.97 Å². The minimum atomic E-state index is 0.584. The van der Waals surface area contributed by atoms with E-state index in [9.17, 15) is 0 Å². The molecule has 0 unspecified atom stereocenters. The molecule has 3 nitrogen and oxygen atoms in total. The summed E-state index contributed by atoms with van der Waals surface area (Å²) in [6, 6.07) is 2.12. The first-order valence-electron chi connectivity index (χ1n) is 8.20. The molecule has 1 fully saturated rings. The molecular weight excluding hydrogens is 246 g/mol. The van der Waals surface area contributed by atoms with Crippen LogP contribution < -0.4 is 5.32 Å². The zero-order valence-electron chi connectivity index (χ0n) is 13.3. The summed E-state index contributed by atoms with van der Waals surface area (Å²) in [5, 5.41) is 3.48. The van der Waals surface area contributed by atoms with Gasteiger partial charge in [-0.15, -0.1) is 0 Å². The van der Waals surface area contributed by atoms with Crippen LogP contribution in [0.15, 0.2) is 6.07 Å². The number of aryl methyl sites for hydroxylation is 1. The molecule has 1 aliphatic rings. The summed E-state index contributed by atoms with van der Waals surface area (Å²) in [5.41, 5.74) is 2.26. The predicted molar refractivity (Wildman–Crippen MR) is 83.8 cm³/mol. The molecule has 0 amide bonds. The van der Waals surface area contributed by atoms with Crippen LogP contribution in [0, 0.1) is 12.8 Å². The highest BCUT2D eigenvalue weighted by atomic mass is 14.9. The van der Waals surface area contributed by atoms with Gasteiger partial charge in [0.2, 0.25) is 0 Å². The van der Waals surface area contributed by atoms with Crippen molar-refractivity contribution in [3.05, 3.63) is 23.3 Å². The van der Waals surface area contributed by atoms with Gasteiger partial charge in [0.15, 0.2) is 0 Å². The van der Waals surface area contributed by atoms with Crippen LogP contribution in [0.1, 0.15) is 75.5 Å². The molecule has 1 aromatic heterocycles. The van der Waals surface area contributed by atoms with Crippen molar-refractivity contribution in [3.63, 3.8) is 0 Å². The number of hydrogen-bond acceptors (Lipinski definition) is 3. The fourth-order valence-electron chi connectivity index (χ4n) is 2.96. The molecule has 1 aliphatic carbocycles. The Morgan fingerprint density at radius 2 is 1.85 bits per heavy atom. The molecule has 1 heterocycles. The number of rotatable bonds is 5. The van der Waals surface area contributed by atoms with Gasteiger partial charge in [-0.2, -0.15) is 0 Å². The molecule has 20 heavy (non-hydrogen) atoms. The third kappa shape index (κ3) is 4.86. The Balaban J connectivity index is 2.03. The van der Waals surface area contributed by atoms with Crippen molar-refractivity contribution in [2.45, 2.75) is 71.8 Å².